The normalized spacial score (nSPS) is 10.3. The third-order valence-electron chi connectivity index (χ3n) is 10.0. The number of hydrogen-bond donors (Lipinski definition) is 3. The first-order valence-corrected chi connectivity index (χ1v) is 22.8. The van der Waals surface area contributed by atoms with E-state index in [0.717, 1.165) is 44.1 Å². The predicted octanol–water partition coefficient (Wildman–Crippen LogP) is 12.9. The molecule has 0 fully saturated rings. The van der Waals surface area contributed by atoms with Gasteiger partial charge >= 0.3 is 5.97 Å². The number of carbonyl (C=O) groups is 4. The van der Waals surface area contributed by atoms with Crippen LogP contribution in [0.2, 0.25) is 30.1 Å². The van der Waals surface area contributed by atoms with E-state index in [2.05, 4.69) is 39.0 Å². The molecule has 2 heterocycles. The van der Waals surface area contributed by atoms with Gasteiger partial charge < -0.3 is 16.2 Å². The summed E-state index contributed by atoms with van der Waals surface area (Å²) in [5.74, 6) is 10.2. The van der Waals surface area contributed by atoms with Gasteiger partial charge in [-0.25, -0.2) is 4.79 Å². The summed E-state index contributed by atoms with van der Waals surface area (Å²) in [4.78, 5) is 56.3. The van der Waals surface area contributed by atoms with Crippen LogP contribution in [0.4, 0.5) is 0 Å². The first kappa shape index (κ1) is 51.6. The van der Waals surface area contributed by atoms with Crippen molar-refractivity contribution in [3.63, 3.8) is 0 Å². The van der Waals surface area contributed by atoms with Gasteiger partial charge in [0.2, 0.25) is 0 Å². The number of carboxylic acid groups (broad SMARTS) is 1. The molecule has 0 saturated carbocycles. The smallest absolute Gasteiger partial charge is 0.335 e. The lowest BCUT2D eigenvalue weighted by atomic mass is 10.0. The third-order valence-corrected chi connectivity index (χ3v) is 11.6. The Morgan fingerprint density at radius 2 is 0.971 bits per heavy atom. The number of aromatic nitrogens is 2. The van der Waals surface area contributed by atoms with Crippen molar-refractivity contribution in [3.8, 4) is 23.7 Å². The van der Waals surface area contributed by atoms with Gasteiger partial charge in [-0.3, -0.25) is 24.4 Å². The van der Waals surface area contributed by atoms with Gasteiger partial charge in [-0.05, 0) is 97.8 Å². The molecule has 2 aromatic heterocycles. The summed E-state index contributed by atoms with van der Waals surface area (Å²) in [5.41, 5.74) is 12.9. The first-order chi connectivity index (χ1) is 33.0. The molecule has 6 aromatic carbocycles. The van der Waals surface area contributed by atoms with E-state index in [9.17, 15) is 19.2 Å². The number of aryl methyl sites for hydroxylation is 2. The highest BCUT2D eigenvalue weighted by Crippen LogP contribution is 2.30. The number of aromatic carboxylic acids is 1. The highest BCUT2D eigenvalue weighted by molar-refractivity contribution is 6.43. The van der Waals surface area contributed by atoms with Gasteiger partial charge in [-0.15, -0.1) is 0 Å². The van der Waals surface area contributed by atoms with E-state index in [4.69, 9.17) is 80.4 Å². The second kappa shape index (κ2) is 24.0. The van der Waals surface area contributed by atoms with Gasteiger partial charge in [0.25, 0.3) is 5.91 Å². The molecular formula is C54H36Cl6N4O5. The minimum absolute atomic E-state index is 0.118. The van der Waals surface area contributed by atoms with E-state index in [0.29, 0.717) is 26.7 Å². The largest absolute Gasteiger partial charge is 0.478 e. The number of para-hydroxylation sites is 2. The molecule has 0 bridgehead atoms. The molecule has 8 rings (SSSR count). The zero-order valence-electron chi connectivity index (χ0n) is 36.4. The SMILES string of the molecule is Cc1ccc(C(=O)NCC(=O)c2c(Cl)cc(Cl)cc2Cl)cc1C#Cc1cnc2ccccc2c1.Cc1ccc(C(=O)O)cc1C#Cc1cnc2ccccc2c1.NCC(=O)c1c(Cl)cc(Cl)cc1Cl. The average Bonchev–Trinajstić information content (AvgIpc) is 3.32. The molecule has 9 nitrogen and oxygen atoms in total. The second-order valence-electron chi connectivity index (χ2n) is 14.9. The fraction of sp³-hybridized carbons (Fsp3) is 0.0741. The van der Waals surface area contributed by atoms with Crippen LogP contribution < -0.4 is 11.1 Å². The number of rotatable bonds is 7. The Morgan fingerprint density at radius 1 is 0.551 bits per heavy atom. The van der Waals surface area contributed by atoms with Crippen LogP contribution in [0.1, 0.15) is 74.8 Å². The molecule has 0 aliphatic heterocycles. The number of nitrogens with one attached hydrogen (secondary N) is 1. The summed E-state index contributed by atoms with van der Waals surface area (Å²) in [7, 11) is 0. The van der Waals surface area contributed by atoms with Gasteiger partial charge in [-0.2, -0.15) is 0 Å². The number of carboxylic acids is 1. The molecule has 344 valence electrons. The van der Waals surface area contributed by atoms with Crippen molar-refractivity contribution < 1.29 is 24.3 Å². The molecule has 0 unspecified atom stereocenters. The quantitative estimate of drug-likeness (QED) is 0.105. The summed E-state index contributed by atoms with van der Waals surface area (Å²) in [6.07, 6.45) is 3.45. The predicted molar refractivity (Wildman–Crippen MR) is 278 cm³/mol. The lowest BCUT2D eigenvalue weighted by Crippen LogP contribution is -2.30. The maximum Gasteiger partial charge on any atom is 0.335 e. The molecule has 4 N–H and O–H groups in total. The van der Waals surface area contributed by atoms with Gasteiger partial charge in [0.15, 0.2) is 11.6 Å². The van der Waals surface area contributed by atoms with Crippen molar-refractivity contribution in [2.45, 2.75) is 13.8 Å². The number of pyridine rings is 2. The highest BCUT2D eigenvalue weighted by Gasteiger charge is 2.18. The average molecular weight is 1030 g/mol. The maximum atomic E-state index is 12.7. The van der Waals surface area contributed by atoms with E-state index < -0.39 is 17.7 Å². The molecule has 15 heteroatoms. The van der Waals surface area contributed by atoms with Crippen molar-refractivity contribution in [3.05, 3.63) is 219 Å². The third kappa shape index (κ3) is 13.9. The number of ketones is 2. The molecular weight excluding hydrogens is 997 g/mol. The Morgan fingerprint density at radius 3 is 1.42 bits per heavy atom. The van der Waals surface area contributed by atoms with Crippen molar-refractivity contribution in [2.75, 3.05) is 13.1 Å². The first-order valence-electron chi connectivity index (χ1n) is 20.5. The fourth-order valence-electron chi connectivity index (χ4n) is 6.42. The summed E-state index contributed by atoms with van der Waals surface area (Å²) in [6.45, 7) is 3.44. The van der Waals surface area contributed by atoms with E-state index in [1.54, 1.807) is 42.7 Å². The molecule has 0 radical (unpaired) electrons. The van der Waals surface area contributed by atoms with E-state index in [-0.39, 0.29) is 55.7 Å². The Hall–Kier alpha value is -6.76. The summed E-state index contributed by atoms with van der Waals surface area (Å²) < 4.78 is 0. The van der Waals surface area contributed by atoms with Crippen LogP contribution in [0.5, 0.6) is 0 Å². The Labute approximate surface area is 427 Å². The Kier molecular flexibility index (Phi) is 18.0. The molecule has 1 amide bonds. The summed E-state index contributed by atoms with van der Waals surface area (Å²) in [6, 6.07) is 35.5. The van der Waals surface area contributed by atoms with Crippen molar-refractivity contribution >= 4 is 115 Å². The van der Waals surface area contributed by atoms with Crippen molar-refractivity contribution in [1.82, 2.24) is 15.3 Å². The van der Waals surface area contributed by atoms with Crippen molar-refractivity contribution in [1.29, 1.82) is 0 Å². The van der Waals surface area contributed by atoms with Gasteiger partial charge in [0, 0.05) is 61.0 Å². The van der Waals surface area contributed by atoms with Crippen molar-refractivity contribution in [2.24, 2.45) is 5.73 Å². The number of Topliss-reactive ketones (excluding diaryl/α,β-unsaturated/α-hetero) is 2. The Bertz CT molecular complexity index is 3400. The number of nitrogens with two attached hydrogens (primary N) is 1. The number of halogens is 6. The maximum absolute atomic E-state index is 12.7. The number of hydrogen-bond acceptors (Lipinski definition) is 7. The standard InChI is InChI=1S/C27H17Cl3N2O2.C19H13NO2.C8H6Cl3NO/c1-16-6-8-20(27(34)32-15-25(33)26-22(29)12-21(28)13-23(26)30)11-18(16)9-7-17-10-19-4-2-3-5-24(19)31-14-17;1-13-6-8-17(19(21)22)11-15(13)9-7-14-10-16-4-2-3-5-18(16)20-12-14;9-4-1-5(10)8(6(11)2-4)7(13)3-12/h2-6,8,10-14H,15H2,1H3,(H,32,34);2-6,8,10-12H,1H3,(H,21,22);1-2H,3,12H2. The number of fused-ring (bicyclic) bond motifs is 2. The van der Waals surface area contributed by atoms with Crippen LogP contribution in [0.3, 0.4) is 0 Å². The molecule has 69 heavy (non-hydrogen) atoms. The van der Waals surface area contributed by atoms with E-state index in [1.807, 2.05) is 80.6 Å². The topological polar surface area (TPSA) is 152 Å². The number of nitrogens with zero attached hydrogens (tertiary/aromatic N) is 2. The number of carbonyl (C=O) groups excluding carboxylic acids is 3. The molecule has 8 aromatic rings. The highest BCUT2D eigenvalue weighted by atomic mass is 35.5. The molecule has 0 aliphatic rings. The molecule has 0 saturated heterocycles. The Balaban J connectivity index is 0.000000190. The van der Waals surface area contributed by atoms with E-state index in [1.165, 1.54) is 24.3 Å². The number of amides is 1. The van der Waals surface area contributed by atoms with Crippen LogP contribution in [-0.2, 0) is 0 Å². The zero-order valence-corrected chi connectivity index (χ0v) is 41.0. The molecule has 0 spiro atoms. The zero-order chi connectivity index (χ0) is 49.8. The molecule has 0 aliphatic carbocycles. The molecule has 0 atom stereocenters. The fourth-order valence-corrected chi connectivity index (χ4v) is 8.47. The number of benzene rings is 6. The van der Waals surface area contributed by atoms with Gasteiger partial charge in [0.05, 0.1) is 60.9 Å². The summed E-state index contributed by atoms with van der Waals surface area (Å²) in [5, 5.41) is 15.1. The van der Waals surface area contributed by atoms with Crippen LogP contribution in [0.15, 0.2) is 134 Å². The van der Waals surface area contributed by atoms with Gasteiger partial charge in [0.1, 0.15) is 0 Å². The van der Waals surface area contributed by atoms with Gasteiger partial charge in [-0.1, -0.05) is 142 Å². The van der Waals surface area contributed by atoms with E-state index >= 15 is 0 Å². The van der Waals surface area contributed by atoms with Crippen LogP contribution in [0, 0.1) is 37.5 Å². The second-order valence-corrected chi connectivity index (χ2v) is 17.4. The summed E-state index contributed by atoms with van der Waals surface area (Å²) >= 11 is 35.3. The van der Waals surface area contributed by atoms with Crippen LogP contribution in [-0.4, -0.2) is 51.6 Å². The van der Waals surface area contributed by atoms with Crippen LogP contribution in [0.25, 0.3) is 21.8 Å². The monoisotopic (exact) mass is 1030 g/mol. The van der Waals surface area contributed by atoms with Crippen LogP contribution >= 0.6 is 69.6 Å². The lowest BCUT2D eigenvalue weighted by Gasteiger charge is -2.09. The lowest BCUT2D eigenvalue weighted by molar-refractivity contribution is 0.0696. The minimum Gasteiger partial charge on any atom is -0.478 e. The minimum atomic E-state index is -0.949.